The number of rotatable bonds is 2. The van der Waals surface area contributed by atoms with Gasteiger partial charge in [-0.15, -0.1) is 0 Å². The highest BCUT2D eigenvalue weighted by Gasteiger charge is 2.43. The number of ether oxygens (including phenoxy) is 1. The molecule has 76 valence electrons. The van der Waals surface area contributed by atoms with E-state index in [-0.39, 0.29) is 0 Å². The third-order valence-corrected chi connectivity index (χ3v) is 1.86. The summed E-state index contributed by atoms with van der Waals surface area (Å²) < 4.78 is 4.72. The van der Waals surface area contributed by atoms with Crippen molar-refractivity contribution in [2.75, 3.05) is 6.61 Å². The molecule has 1 aliphatic rings. The van der Waals surface area contributed by atoms with Crippen LogP contribution in [0.1, 0.15) is 0 Å². The third kappa shape index (κ3) is 2.07. The van der Waals surface area contributed by atoms with E-state index in [1.165, 1.54) is 0 Å². The summed E-state index contributed by atoms with van der Waals surface area (Å²) in [5, 5.41) is 29.2. The Morgan fingerprint density at radius 3 is 2.62 bits per heavy atom. The average molecular weight is 192 g/mol. The molecule has 4 atom stereocenters. The van der Waals surface area contributed by atoms with E-state index in [0.717, 1.165) is 0 Å². The van der Waals surface area contributed by atoms with Gasteiger partial charge in [-0.05, 0) is 0 Å². The minimum Gasteiger partial charge on any atom is -0.394 e. The van der Waals surface area contributed by atoms with E-state index in [2.05, 4.69) is 5.32 Å². The van der Waals surface area contributed by atoms with Crippen molar-refractivity contribution in [1.82, 2.24) is 5.32 Å². The molecule has 13 heavy (non-hydrogen) atoms. The maximum atomic E-state index is 10.5. The Balaban J connectivity index is 2.62. The fourth-order valence-electron chi connectivity index (χ4n) is 1.24. The van der Waals surface area contributed by atoms with Gasteiger partial charge in [0.25, 0.3) is 0 Å². The Morgan fingerprint density at radius 2 is 2.15 bits per heavy atom. The lowest BCUT2D eigenvalue weighted by Gasteiger charge is -2.18. The molecule has 2 amide bonds. The van der Waals surface area contributed by atoms with Crippen LogP contribution in [0.4, 0.5) is 4.79 Å². The lowest BCUT2D eigenvalue weighted by molar-refractivity contribution is -0.132. The molecule has 0 unspecified atom stereocenters. The summed E-state index contributed by atoms with van der Waals surface area (Å²) in [4.78, 5) is 10.5. The van der Waals surface area contributed by atoms with Gasteiger partial charge in [-0.25, -0.2) is 4.79 Å². The van der Waals surface area contributed by atoms with Crippen LogP contribution in [0.2, 0.25) is 0 Å². The molecule has 0 spiro atoms. The molecule has 0 bridgehead atoms. The normalized spacial score (nSPS) is 39.0. The fraction of sp³-hybridized carbons (Fsp3) is 0.833. The van der Waals surface area contributed by atoms with Crippen molar-refractivity contribution in [2.45, 2.75) is 24.5 Å². The third-order valence-electron chi connectivity index (χ3n) is 1.86. The van der Waals surface area contributed by atoms with Crippen molar-refractivity contribution in [2.24, 2.45) is 5.73 Å². The van der Waals surface area contributed by atoms with Crippen LogP contribution in [0, 0.1) is 0 Å². The van der Waals surface area contributed by atoms with E-state index in [9.17, 15) is 9.90 Å². The highest BCUT2D eigenvalue weighted by atomic mass is 16.6. The SMILES string of the molecule is NC(=O)N[C@H]1[C@@H](O)[C@@H](O)O[C@H]1CO. The number of aliphatic hydroxyl groups excluding tert-OH is 3. The van der Waals surface area contributed by atoms with Crippen molar-refractivity contribution in [1.29, 1.82) is 0 Å². The number of carbonyl (C=O) groups excluding carboxylic acids is 1. The molecule has 7 heteroatoms. The van der Waals surface area contributed by atoms with Crippen LogP contribution in [0.25, 0.3) is 0 Å². The van der Waals surface area contributed by atoms with E-state index in [0.29, 0.717) is 0 Å². The van der Waals surface area contributed by atoms with E-state index in [1.807, 2.05) is 0 Å². The minimum absolute atomic E-state index is 0.418. The lowest BCUT2D eigenvalue weighted by Crippen LogP contribution is -2.50. The topological polar surface area (TPSA) is 125 Å². The zero-order valence-electron chi connectivity index (χ0n) is 6.75. The Hall–Kier alpha value is -0.890. The zero-order chi connectivity index (χ0) is 10.0. The first-order valence-electron chi connectivity index (χ1n) is 3.74. The summed E-state index contributed by atoms with van der Waals surface area (Å²) in [7, 11) is 0. The van der Waals surface area contributed by atoms with Gasteiger partial charge in [0.1, 0.15) is 12.2 Å². The average Bonchev–Trinajstić information content (AvgIpc) is 2.31. The Bertz CT molecular complexity index is 199. The summed E-state index contributed by atoms with van der Waals surface area (Å²) in [6, 6.07) is -1.72. The molecule has 1 rings (SSSR count). The minimum atomic E-state index is -1.41. The van der Waals surface area contributed by atoms with Crippen LogP contribution in [0.5, 0.6) is 0 Å². The van der Waals surface area contributed by atoms with Gasteiger partial charge in [0, 0.05) is 0 Å². The van der Waals surface area contributed by atoms with Gasteiger partial charge < -0.3 is 31.1 Å². The number of amides is 2. The van der Waals surface area contributed by atoms with E-state index >= 15 is 0 Å². The molecule has 1 heterocycles. The summed E-state index contributed by atoms with van der Waals surface area (Å²) in [5.41, 5.74) is 4.82. The number of hydrogen-bond donors (Lipinski definition) is 5. The van der Waals surface area contributed by atoms with Crippen LogP contribution in [-0.2, 0) is 4.74 Å². The molecule has 0 aliphatic carbocycles. The summed E-state index contributed by atoms with van der Waals surface area (Å²) in [5.74, 6) is 0. The fourth-order valence-corrected chi connectivity index (χ4v) is 1.24. The highest BCUT2D eigenvalue weighted by Crippen LogP contribution is 2.18. The van der Waals surface area contributed by atoms with Crippen LogP contribution >= 0.6 is 0 Å². The predicted molar refractivity (Wildman–Crippen MR) is 40.5 cm³/mol. The maximum Gasteiger partial charge on any atom is 0.312 e. The van der Waals surface area contributed by atoms with Crippen LogP contribution in [-0.4, -0.2) is 52.5 Å². The van der Waals surface area contributed by atoms with Gasteiger partial charge >= 0.3 is 6.03 Å². The molecule has 0 saturated carbocycles. The van der Waals surface area contributed by atoms with E-state index in [4.69, 9.17) is 20.7 Å². The first-order chi connectivity index (χ1) is 6.06. The number of nitrogens with one attached hydrogen (secondary N) is 1. The van der Waals surface area contributed by atoms with E-state index < -0.39 is 37.2 Å². The zero-order valence-corrected chi connectivity index (χ0v) is 6.75. The van der Waals surface area contributed by atoms with Crippen molar-refractivity contribution < 1.29 is 24.9 Å². The van der Waals surface area contributed by atoms with Crippen molar-refractivity contribution in [3.05, 3.63) is 0 Å². The summed E-state index contributed by atoms with van der Waals surface area (Å²) in [6.45, 7) is -0.418. The van der Waals surface area contributed by atoms with Crippen molar-refractivity contribution in [3.8, 4) is 0 Å². The first-order valence-corrected chi connectivity index (χ1v) is 3.74. The summed E-state index contributed by atoms with van der Waals surface area (Å²) >= 11 is 0. The van der Waals surface area contributed by atoms with Gasteiger partial charge in [-0.3, -0.25) is 0 Å². The van der Waals surface area contributed by atoms with Gasteiger partial charge in [0.2, 0.25) is 0 Å². The largest absolute Gasteiger partial charge is 0.394 e. The van der Waals surface area contributed by atoms with Crippen LogP contribution < -0.4 is 11.1 Å². The number of nitrogens with two attached hydrogens (primary N) is 1. The first kappa shape index (κ1) is 10.2. The molecular formula is C6H12N2O5. The smallest absolute Gasteiger partial charge is 0.312 e. The van der Waals surface area contributed by atoms with Gasteiger partial charge in [-0.2, -0.15) is 0 Å². The number of aliphatic hydroxyl groups is 3. The highest BCUT2D eigenvalue weighted by molar-refractivity contribution is 5.72. The lowest BCUT2D eigenvalue weighted by atomic mass is 10.1. The van der Waals surface area contributed by atoms with Crippen molar-refractivity contribution in [3.63, 3.8) is 0 Å². The maximum absolute atomic E-state index is 10.5. The predicted octanol–water partition coefficient (Wildman–Crippen LogP) is -2.91. The molecule has 0 aromatic carbocycles. The monoisotopic (exact) mass is 192 g/mol. The number of hydrogen-bond acceptors (Lipinski definition) is 5. The van der Waals surface area contributed by atoms with Crippen LogP contribution in [0.3, 0.4) is 0 Å². The molecule has 0 radical (unpaired) electrons. The van der Waals surface area contributed by atoms with Gasteiger partial charge in [0.15, 0.2) is 6.29 Å². The van der Waals surface area contributed by atoms with Crippen LogP contribution in [0.15, 0.2) is 0 Å². The Labute approximate surface area is 74.1 Å². The Morgan fingerprint density at radius 1 is 1.54 bits per heavy atom. The second-order valence-electron chi connectivity index (χ2n) is 2.77. The molecule has 0 aromatic rings. The number of urea groups is 1. The second-order valence-corrected chi connectivity index (χ2v) is 2.77. The van der Waals surface area contributed by atoms with E-state index in [1.54, 1.807) is 0 Å². The second kappa shape index (κ2) is 3.88. The molecule has 1 aliphatic heterocycles. The Kier molecular flexibility index (Phi) is 3.04. The quantitative estimate of drug-likeness (QED) is 0.321. The molecule has 1 fully saturated rings. The molecule has 6 N–H and O–H groups in total. The molecule has 1 saturated heterocycles. The molecular weight excluding hydrogens is 180 g/mol. The standard InChI is InChI=1S/C6H12N2O5/c7-6(12)8-3-2(1-9)13-5(11)4(3)10/h2-5,9-11H,1H2,(H3,7,8,12)/t2-,3+,4+,5-/m0/s1. The summed E-state index contributed by atoms with van der Waals surface area (Å²) in [6.07, 6.45) is -3.52. The molecule has 0 aromatic heterocycles. The van der Waals surface area contributed by atoms with Gasteiger partial charge in [0.05, 0.1) is 12.6 Å². The number of carbonyl (C=O) groups is 1. The molecule has 7 nitrogen and oxygen atoms in total. The van der Waals surface area contributed by atoms with Crippen molar-refractivity contribution >= 4 is 6.03 Å². The van der Waals surface area contributed by atoms with Gasteiger partial charge in [-0.1, -0.05) is 0 Å². The number of primary amides is 1.